The highest BCUT2D eigenvalue weighted by Crippen LogP contribution is 2.47. The third-order valence-corrected chi connectivity index (χ3v) is 25.5. The van der Waals surface area contributed by atoms with E-state index in [-0.39, 0.29) is 24.7 Å². The lowest BCUT2D eigenvalue weighted by Crippen LogP contribution is -2.45. The number of hydrogen-bond acceptors (Lipinski definition) is 12. The lowest BCUT2D eigenvalue weighted by molar-refractivity contribution is 0.409. The van der Waals surface area contributed by atoms with Crippen molar-refractivity contribution in [1.82, 2.24) is 21.3 Å². The molecule has 4 atom stereocenters. The molecule has 0 saturated carbocycles. The van der Waals surface area contributed by atoms with Crippen LogP contribution in [0.1, 0.15) is 58.0 Å². The van der Waals surface area contributed by atoms with Gasteiger partial charge in [0, 0.05) is 130 Å². The van der Waals surface area contributed by atoms with Crippen LogP contribution in [-0.4, -0.2) is 11.7 Å². The molecule has 2 aliphatic heterocycles. The molecule has 14 aromatic carbocycles. The van der Waals surface area contributed by atoms with E-state index in [2.05, 4.69) is 300 Å². The minimum Gasteiger partial charge on any atom is -0.455 e. The van der Waals surface area contributed by atoms with Crippen molar-refractivity contribution in [2.45, 2.75) is 24.7 Å². The van der Waals surface area contributed by atoms with Gasteiger partial charge in [-0.1, -0.05) is 231 Å². The first-order valence-electron chi connectivity index (χ1n) is 34.4. The summed E-state index contributed by atoms with van der Waals surface area (Å²) in [4.78, 5) is 10.7. The average molecular weight is 1380 g/mol. The Hall–Kier alpha value is -11.6. The Kier molecular flexibility index (Phi) is 13.1. The standard InChI is InChI=1S/C90H56N6O2S4/c1-3-14-49(15-4-1)85-91-87(94-88(92-85)56-32-39-66-63-36-29-53(44-77(63)100-80(66)47-56)58-20-11-22-68-60-18-7-9-26-73(60)97-82(58)68)55-31-38-65-62-35-28-52(43-76(62)99-79(65)46-55)51-34-41-74-72(42-51)69-23-12-21-59(83(69)98-74)54-30-37-64-67-40-33-57(48-81(67)101-78(64)45-54)89-93-86(50-16-5-2-6-17-50)95-90(96-89)71-25-13-24-70-61-19-8-10-27-75(61)102-84(70)71/h1-48,87-90,94,96H,(H,91,92)(H,93,95). The molecule has 0 saturated heterocycles. The molecule has 0 fully saturated rings. The maximum Gasteiger partial charge on any atom is 0.143 e. The SMILES string of the molecule is c1ccc(C2=NC(c3ccc4c(c3)sc3cc(-c5cccc6c5oc5ccccc56)ccc34)NC(c3ccc4c(c3)sc3cc(-c5ccc6oc7c(-c8ccc9c(c8)sc8cc(C%10N=C(c%11ccccc%11)NC(c%11cccc%12c%11sc%11ccccc%11%12)N%10)ccc89)cccc7c6c5)ccc34)N2)cc1. The van der Waals surface area contributed by atoms with Gasteiger partial charge in [0.1, 0.15) is 58.7 Å². The third-order valence-electron chi connectivity index (χ3n) is 20.9. The first kappa shape index (κ1) is 58.2. The zero-order valence-electron chi connectivity index (χ0n) is 54.4. The van der Waals surface area contributed by atoms with Crippen LogP contribution in [0.3, 0.4) is 0 Å². The first-order chi connectivity index (χ1) is 50.4. The van der Waals surface area contributed by atoms with Crippen LogP contribution in [0.15, 0.2) is 310 Å². The van der Waals surface area contributed by atoms with E-state index in [1.807, 2.05) is 57.5 Å². The van der Waals surface area contributed by atoms with Crippen LogP contribution in [0.25, 0.3) is 158 Å². The van der Waals surface area contributed by atoms with Crippen molar-refractivity contribution in [2.75, 3.05) is 0 Å². The fourth-order valence-electron chi connectivity index (χ4n) is 15.9. The van der Waals surface area contributed by atoms with E-state index in [4.69, 9.17) is 18.8 Å². The van der Waals surface area contributed by atoms with Crippen molar-refractivity contribution < 1.29 is 8.83 Å². The van der Waals surface area contributed by atoms with E-state index in [9.17, 15) is 0 Å². The Labute approximate surface area is 599 Å². The summed E-state index contributed by atoms with van der Waals surface area (Å²) in [5.74, 6) is 1.74. The molecule has 4 unspecified atom stereocenters. The zero-order chi connectivity index (χ0) is 66.7. The Balaban J connectivity index is 0.548. The van der Waals surface area contributed by atoms with Crippen molar-refractivity contribution >= 4 is 182 Å². The molecule has 0 aliphatic carbocycles. The third kappa shape index (κ3) is 9.45. The van der Waals surface area contributed by atoms with Crippen molar-refractivity contribution in [3.63, 3.8) is 0 Å². The topological polar surface area (TPSA) is 99.1 Å². The first-order valence-corrected chi connectivity index (χ1v) is 37.7. The molecule has 4 N–H and O–H groups in total. The van der Waals surface area contributed by atoms with Gasteiger partial charge in [-0.3, -0.25) is 10.6 Å². The zero-order valence-corrected chi connectivity index (χ0v) is 57.6. The van der Waals surface area contributed by atoms with E-state index in [1.165, 1.54) is 91.8 Å². The summed E-state index contributed by atoms with van der Waals surface area (Å²) in [6, 6.07) is 106. The van der Waals surface area contributed by atoms with Gasteiger partial charge < -0.3 is 19.5 Å². The Morgan fingerprint density at radius 3 is 1.30 bits per heavy atom. The summed E-state index contributed by atoms with van der Waals surface area (Å²) < 4.78 is 23.3. The summed E-state index contributed by atoms with van der Waals surface area (Å²) in [7, 11) is 0. The maximum absolute atomic E-state index is 6.86. The van der Waals surface area contributed by atoms with Gasteiger partial charge in [0.15, 0.2) is 0 Å². The lowest BCUT2D eigenvalue weighted by atomic mass is 9.99. The highest BCUT2D eigenvalue weighted by Gasteiger charge is 2.30. The summed E-state index contributed by atoms with van der Waals surface area (Å²) in [6.45, 7) is 0. The van der Waals surface area contributed by atoms with Gasteiger partial charge in [-0.2, -0.15) is 0 Å². The van der Waals surface area contributed by atoms with Crippen molar-refractivity contribution in [1.29, 1.82) is 0 Å². The largest absolute Gasteiger partial charge is 0.455 e. The quantitative estimate of drug-likeness (QED) is 0.115. The van der Waals surface area contributed by atoms with Gasteiger partial charge in [-0.05, 0) is 99.6 Å². The fraction of sp³-hybridized carbons (Fsp3) is 0.0444. The number of furan rings is 2. The van der Waals surface area contributed by atoms with Crippen LogP contribution in [0.4, 0.5) is 0 Å². The van der Waals surface area contributed by atoms with Gasteiger partial charge in [0.05, 0.1) is 0 Å². The molecule has 0 spiro atoms. The molecular weight excluding hydrogens is 1330 g/mol. The van der Waals surface area contributed by atoms with E-state index in [0.29, 0.717) is 0 Å². The lowest BCUT2D eigenvalue weighted by Gasteiger charge is -2.32. The van der Waals surface area contributed by atoms with Crippen molar-refractivity contribution in [2.24, 2.45) is 9.98 Å². The molecule has 6 aromatic heterocycles. The average Bonchev–Trinajstić information content (AvgIpc) is 1.62. The van der Waals surface area contributed by atoms with Crippen molar-refractivity contribution in [3.05, 3.63) is 325 Å². The minimum atomic E-state index is -0.295. The van der Waals surface area contributed by atoms with Crippen LogP contribution in [0.5, 0.6) is 0 Å². The van der Waals surface area contributed by atoms with Crippen LogP contribution in [-0.2, 0) is 0 Å². The molecule has 0 amide bonds. The van der Waals surface area contributed by atoms with Crippen molar-refractivity contribution in [3.8, 4) is 33.4 Å². The van der Waals surface area contributed by atoms with Gasteiger partial charge in [-0.25, -0.2) is 9.98 Å². The fourth-order valence-corrected chi connectivity index (χ4v) is 20.7. The van der Waals surface area contributed by atoms with Gasteiger partial charge in [0.25, 0.3) is 0 Å². The van der Waals surface area contributed by atoms with Crippen LogP contribution in [0, 0.1) is 0 Å². The van der Waals surface area contributed by atoms with E-state index in [0.717, 1.165) is 111 Å². The summed E-state index contributed by atoms with van der Waals surface area (Å²) in [6.07, 6.45) is -0.941. The Morgan fingerprint density at radius 2 is 0.686 bits per heavy atom. The number of aliphatic imine (C=N–C) groups is 2. The van der Waals surface area contributed by atoms with Crippen LogP contribution in [0.2, 0.25) is 0 Å². The highest BCUT2D eigenvalue weighted by atomic mass is 32.1. The number of benzene rings is 14. The maximum atomic E-state index is 6.86. The van der Waals surface area contributed by atoms with Gasteiger partial charge in [-0.15, -0.1) is 45.3 Å². The molecule has 2 aliphatic rings. The normalized spacial score (nSPS) is 16.6. The molecule has 20 aromatic rings. The van der Waals surface area contributed by atoms with Crippen LogP contribution >= 0.6 is 45.3 Å². The van der Waals surface area contributed by atoms with Gasteiger partial charge >= 0.3 is 0 Å². The molecule has 482 valence electrons. The molecule has 8 nitrogen and oxygen atoms in total. The highest BCUT2D eigenvalue weighted by molar-refractivity contribution is 7.27. The predicted octanol–water partition coefficient (Wildman–Crippen LogP) is 24.6. The molecule has 0 bridgehead atoms. The number of para-hydroxylation sites is 3. The molecule has 102 heavy (non-hydrogen) atoms. The number of nitrogens with one attached hydrogen (secondary N) is 4. The molecule has 12 heteroatoms. The second-order valence-electron chi connectivity index (χ2n) is 26.8. The van der Waals surface area contributed by atoms with Gasteiger partial charge in [0.2, 0.25) is 0 Å². The predicted molar refractivity (Wildman–Crippen MR) is 431 cm³/mol. The molecule has 22 rings (SSSR count). The smallest absolute Gasteiger partial charge is 0.143 e. The minimum absolute atomic E-state index is 0.163. The van der Waals surface area contributed by atoms with E-state index < -0.39 is 0 Å². The van der Waals surface area contributed by atoms with E-state index >= 15 is 0 Å². The Bertz CT molecular complexity index is 6950. The summed E-state index contributed by atoms with van der Waals surface area (Å²) in [5.41, 5.74) is 17.1. The number of rotatable bonds is 9. The van der Waals surface area contributed by atoms with Crippen LogP contribution < -0.4 is 21.3 Å². The second kappa shape index (κ2) is 23.0. The monoisotopic (exact) mass is 1380 g/mol. The van der Waals surface area contributed by atoms with E-state index in [1.54, 1.807) is 0 Å². The number of fused-ring (bicyclic) bond motifs is 18. The number of thiophene rings is 4. The Morgan fingerprint density at radius 1 is 0.265 bits per heavy atom. The molecular formula is C90H56N6O2S4. The summed E-state index contributed by atoms with van der Waals surface area (Å²) >= 11 is 7.36. The molecule has 8 heterocycles. The number of hydrogen-bond donors (Lipinski definition) is 4. The number of nitrogens with zero attached hydrogens (tertiary/aromatic N) is 2. The summed E-state index contributed by atoms with van der Waals surface area (Å²) in [5, 5.41) is 30.0. The second-order valence-corrected chi connectivity index (χ2v) is 31.1. The molecule has 0 radical (unpaired) electrons. The number of amidine groups is 2.